The second kappa shape index (κ2) is 9.93. The Balaban J connectivity index is 1.52. The van der Waals surface area contributed by atoms with Crippen LogP contribution in [0, 0.1) is 0 Å². The third kappa shape index (κ3) is 5.83. The average molecular weight is 394 g/mol. The number of aromatic nitrogens is 2. The number of rotatable bonds is 9. The van der Waals surface area contributed by atoms with Crippen molar-refractivity contribution in [2.24, 2.45) is 0 Å². The molecule has 3 aromatic rings. The number of hydrogen-bond acceptors (Lipinski definition) is 8. The highest BCUT2D eigenvalue weighted by atomic mass is 16.5. The molecule has 0 bridgehead atoms. The van der Waals surface area contributed by atoms with E-state index < -0.39 is 5.97 Å². The van der Waals surface area contributed by atoms with E-state index in [1.165, 1.54) is 7.11 Å². The normalized spacial score (nSPS) is 10.1. The van der Waals surface area contributed by atoms with Gasteiger partial charge in [0.25, 0.3) is 0 Å². The summed E-state index contributed by atoms with van der Waals surface area (Å²) in [4.78, 5) is 20.3. The SMILES string of the molecule is COC(=O)c1cccc(Nc2ccnc(NCCOc3ccc(OC)cc3)n2)c1. The highest BCUT2D eigenvalue weighted by Crippen LogP contribution is 2.18. The van der Waals surface area contributed by atoms with Gasteiger partial charge >= 0.3 is 5.97 Å². The Kier molecular flexibility index (Phi) is 6.83. The van der Waals surface area contributed by atoms with Gasteiger partial charge in [-0.1, -0.05) is 6.07 Å². The van der Waals surface area contributed by atoms with Crippen LogP contribution in [0.4, 0.5) is 17.5 Å². The van der Waals surface area contributed by atoms with E-state index in [-0.39, 0.29) is 0 Å². The molecule has 0 saturated carbocycles. The molecule has 2 aromatic carbocycles. The van der Waals surface area contributed by atoms with E-state index >= 15 is 0 Å². The highest BCUT2D eigenvalue weighted by molar-refractivity contribution is 5.90. The maximum absolute atomic E-state index is 11.6. The minimum absolute atomic E-state index is 0.393. The second-order valence-electron chi connectivity index (χ2n) is 5.91. The van der Waals surface area contributed by atoms with Gasteiger partial charge < -0.3 is 24.8 Å². The van der Waals surface area contributed by atoms with E-state index in [1.54, 1.807) is 37.6 Å². The fourth-order valence-electron chi connectivity index (χ4n) is 2.51. The van der Waals surface area contributed by atoms with Crippen LogP contribution in [0.15, 0.2) is 60.8 Å². The summed E-state index contributed by atoms with van der Waals surface area (Å²) in [5.74, 6) is 2.22. The summed E-state index contributed by atoms with van der Waals surface area (Å²) in [5, 5.41) is 6.27. The molecule has 0 aliphatic rings. The molecule has 0 unspecified atom stereocenters. The van der Waals surface area contributed by atoms with E-state index in [1.807, 2.05) is 30.3 Å². The summed E-state index contributed by atoms with van der Waals surface area (Å²) in [6, 6.07) is 16.1. The van der Waals surface area contributed by atoms with Crippen molar-refractivity contribution < 1.29 is 19.0 Å². The summed E-state index contributed by atoms with van der Waals surface area (Å²) in [6.07, 6.45) is 1.64. The van der Waals surface area contributed by atoms with Crippen molar-refractivity contribution in [3.05, 3.63) is 66.4 Å². The number of nitrogens with one attached hydrogen (secondary N) is 2. The zero-order valence-corrected chi connectivity index (χ0v) is 16.2. The zero-order chi connectivity index (χ0) is 20.5. The molecule has 0 fully saturated rings. The summed E-state index contributed by atoms with van der Waals surface area (Å²) >= 11 is 0. The molecular formula is C21H22N4O4. The van der Waals surface area contributed by atoms with Crippen molar-refractivity contribution in [3.8, 4) is 11.5 Å². The molecule has 0 aliphatic heterocycles. The van der Waals surface area contributed by atoms with Gasteiger partial charge in [-0.2, -0.15) is 4.98 Å². The number of anilines is 3. The van der Waals surface area contributed by atoms with E-state index in [4.69, 9.17) is 14.2 Å². The number of nitrogens with zero attached hydrogens (tertiary/aromatic N) is 2. The smallest absolute Gasteiger partial charge is 0.337 e. The molecule has 0 aliphatic carbocycles. The first kappa shape index (κ1) is 19.9. The Bertz CT molecular complexity index is 947. The van der Waals surface area contributed by atoms with Crippen molar-refractivity contribution in [2.45, 2.75) is 0 Å². The van der Waals surface area contributed by atoms with Crippen molar-refractivity contribution in [3.63, 3.8) is 0 Å². The summed E-state index contributed by atoms with van der Waals surface area (Å²) in [5.41, 5.74) is 1.18. The molecule has 29 heavy (non-hydrogen) atoms. The van der Waals surface area contributed by atoms with Crippen molar-refractivity contribution in [1.82, 2.24) is 9.97 Å². The van der Waals surface area contributed by atoms with Gasteiger partial charge in [0.05, 0.1) is 26.3 Å². The predicted octanol–water partition coefficient (Wildman–Crippen LogP) is 3.51. The summed E-state index contributed by atoms with van der Waals surface area (Å²) < 4.78 is 15.5. The van der Waals surface area contributed by atoms with Gasteiger partial charge in [0, 0.05) is 11.9 Å². The molecule has 2 N–H and O–H groups in total. The molecule has 8 nitrogen and oxygen atoms in total. The van der Waals surface area contributed by atoms with Gasteiger partial charge in [0.2, 0.25) is 5.95 Å². The lowest BCUT2D eigenvalue weighted by Crippen LogP contribution is -2.13. The maximum atomic E-state index is 11.6. The molecular weight excluding hydrogens is 372 g/mol. The molecule has 1 heterocycles. The average Bonchev–Trinajstić information content (AvgIpc) is 2.77. The van der Waals surface area contributed by atoms with Gasteiger partial charge in [0.1, 0.15) is 23.9 Å². The topological polar surface area (TPSA) is 94.6 Å². The largest absolute Gasteiger partial charge is 0.497 e. The number of methoxy groups -OCH3 is 2. The lowest BCUT2D eigenvalue weighted by atomic mass is 10.2. The van der Waals surface area contributed by atoms with Crippen LogP contribution >= 0.6 is 0 Å². The fraction of sp³-hybridized carbons (Fsp3) is 0.190. The van der Waals surface area contributed by atoms with Crippen LogP contribution in [0.3, 0.4) is 0 Å². The molecule has 0 radical (unpaired) electrons. The van der Waals surface area contributed by atoms with Crippen LogP contribution in [0.1, 0.15) is 10.4 Å². The van der Waals surface area contributed by atoms with Crippen molar-refractivity contribution in [1.29, 1.82) is 0 Å². The van der Waals surface area contributed by atoms with Crippen molar-refractivity contribution in [2.75, 3.05) is 38.0 Å². The monoisotopic (exact) mass is 394 g/mol. The van der Waals surface area contributed by atoms with Crippen LogP contribution in [-0.2, 0) is 4.74 Å². The van der Waals surface area contributed by atoms with Crippen molar-refractivity contribution >= 4 is 23.4 Å². The second-order valence-corrected chi connectivity index (χ2v) is 5.91. The standard InChI is InChI=1S/C21H22N4O4/c1-27-17-6-8-18(9-7-17)29-13-12-23-21-22-11-10-19(25-21)24-16-5-3-4-15(14-16)20(26)28-2/h3-11,14H,12-13H2,1-2H3,(H2,22,23,24,25). The van der Waals surface area contributed by atoms with E-state index in [9.17, 15) is 4.79 Å². The predicted molar refractivity (Wildman–Crippen MR) is 110 cm³/mol. The van der Waals surface area contributed by atoms with Crippen LogP contribution in [0.5, 0.6) is 11.5 Å². The Morgan fingerprint density at radius 1 is 1.03 bits per heavy atom. The number of benzene rings is 2. The first-order valence-electron chi connectivity index (χ1n) is 8.97. The molecule has 0 atom stereocenters. The first-order chi connectivity index (χ1) is 14.2. The summed E-state index contributed by atoms with van der Waals surface area (Å²) in [6.45, 7) is 0.988. The molecule has 0 spiro atoms. The minimum atomic E-state index is -0.393. The fourth-order valence-corrected chi connectivity index (χ4v) is 2.51. The Morgan fingerprint density at radius 2 is 1.83 bits per heavy atom. The Labute approximate surface area is 168 Å². The van der Waals surface area contributed by atoms with Crippen LogP contribution in [0.2, 0.25) is 0 Å². The lowest BCUT2D eigenvalue weighted by molar-refractivity contribution is 0.0601. The zero-order valence-electron chi connectivity index (χ0n) is 16.2. The van der Waals surface area contributed by atoms with Gasteiger partial charge in [-0.25, -0.2) is 9.78 Å². The molecule has 3 rings (SSSR count). The molecule has 150 valence electrons. The minimum Gasteiger partial charge on any atom is -0.497 e. The van der Waals surface area contributed by atoms with Gasteiger partial charge in [0.15, 0.2) is 0 Å². The van der Waals surface area contributed by atoms with Gasteiger partial charge in [-0.15, -0.1) is 0 Å². The third-order valence-electron chi connectivity index (χ3n) is 3.92. The Hall–Kier alpha value is -3.81. The number of esters is 1. The summed E-state index contributed by atoms with van der Waals surface area (Å²) in [7, 11) is 2.97. The number of carbonyl (C=O) groups is 1. The third-order valence-corrected chi connectivity index (χ3v) is 3.92. The highest BCUT2D eigenvalue weighted by Gasteiger charge is 2.06. The molecule has 1 aromatic heterocycles. The number of carbonyl (C=O) groups excluding carboxylic acids is 1. The van der Waals surface area contributed by atoms with Crippen LogP contribution < -0.4 is 20.1 Å². The quantitative estimate of drug-likeness (QED) is 0.421. The van der Waals surface area contributed by atoms with E-state index in [0.717, 1.165) is 17.2 Å². The maximum Gasteiger partial charge on any atom is 0.337 e. The lowest BCUT2D eigenvalue weighted by Gasteiger charge is -2.10. The number of hydrogen-bond donors (Lipinski definition) is 2. The van der Waals surface area contributed by atoms with Gasteiger partial charge in [-0.05, 0) is 48.5 Å². The van der Waals surface area contributed by atoms with E-state index in [2.05, 4.69) is 20.6 Å². The van der Waals surface area contributed by atoms with E-state index in [0.29, 0.717) is 30.5 Å². The van der Waals surface area contributed by atoms with Crippen LogP contribution in [0.25, 0.3) is 0 Å². The first-order valence-corrected chi connectivity index (χ1v) is 8.97. The Morgan fingerprint density at radius 3 is 2.59 bits per heavy atom. The number of ether oxygens (including phenoxy) is 3. The van der Waals surface area contributed by atoms with Crippen LogP contribution in [-0.4, -0.2) is 43.3 Å². The molecule has 0 amide bonds. The molecule has 0 saturated heterocycles. The molecule has 8 heteroatoms. The van der Waals surface area contributed by atoms with Gasteiger partial charge in [-0.3, -0.25) is 0 Å².